The maximum absolute atomic E-state index is 12.1. The van der Waals surface area contributed by atoms with Crippen LogP contribution >= 0.6 is 10.7 Å². The third-order valence-electron chi connectivity index (χ3n) is 2.91. The minimum atomic E-state index is -3.83. The number of nitrogens with zero attached hydrogens (tertiary/aromatic N) is 1. The zero-order chi connectivity index (χ0) is 15.9. The van der Waals surface area contributed by atoms with Gasteiger partial charge in [-0.15, -0.1) is 0 Å². The number of unbranched alkanes of at least 4 members (excludes halogenated alkanes) is 1. The Balaban J connectivity index is 2.75. The molecule has 0 aliphatic carbocycles. The lowest BCUT2D eigenvalue weighted by molar-refractivity contribution is 0.0942. The van der Waals surface area contributed by atoms with Crippen molar-refractivity contribution in [1.29, 1.82) is 0 Å². The first kappa shape index (κ1) is 18.0. The summed E-state index contributed by atoms with van der Waals surface area (Å²) in [5.41, 5.74) is 0.308. The lowest BCUT2D eigenvalue weighted by Gasteiger charge is -2.08. The molecule has 8 heteroatoms. The lowest BCUT2D eigenvalue weighted by atomic mass is 10.3. The van der Waals surface area contributed by atoms with Gasteiger partial charge in [-0.3, -0.25) is 4.79 Å². The molecule has 0 saturated carbocycles. The van der Waals surface area contributed by atoms with E-state index >= 15 is 0 Å². The first-order chi connectivity index (χ1) is 9.90. The summed E-state index contributed by atoms with van der Waals surface area (Å²) in [6.45, 7) is 3.67. The molecule has 0 fully saturated rings. The van der Waals surface area contributed by atoms with Crippen LogP contribution in [0.25, 0.3) is 0 Å². The molecule has 0 radical (unpaired) electrons. The lowest BCUT2D eigenvalue weighted by Crippen LogP contribution is -2.27. The highest BCUT2D eigenvalue weighted by Crippen LogP contribution is 2.19. The second kappa shape index (κ2) is 8.41. The molecule has 21 heavy (non-hydrogen) atoms. The molecule has 1 rings (SSSR count). The van der Waals surface area contributed by atoms with Gasteiger partial charge >= 0.3 is 0 Å². The normalized spacial score (nSPS) is 11.6. The minimum absolute atomic E-state index is 0.0536. The number of carbonyl (C=O) groups is 1. The van der Waals surface area contributed by atoms with Crippen LogP contribution in [0.15, 0.2) is 17.2 Å². The predicted octanol–water partition coefficient (Wildman–Crippen LogP) is 1.98. The molecule has 1 N–H and O–H groups in total. The summed E-state index contributed by atoms with van der Waals surface area (Å²) in [6.07, 6.45) is 3.83. The molecule has 0 aliphatic rings. The van der Waals surface area contributed by atoms with E-state index in [2.05, 4.69) is 5.32 Å². The van der Waals surface area contributed by atoms with Crippen molar-refractivity contribution in [3.05, 3.63) is 18.0 Å². The zero-order valence-electron chi connectivity index (χ0n) is 12.3. The van der Waals surface area contributed by atoms with Gasteiger partial charge in [0.15, 0.2) is 0 Å². The molecule has 0 bridgehead atoms. The number of aryl methyl sites for hydroxylation is 1. The Labute approximate surface area is 129 Å². The molecule has 0 unspecified atom stereocenters. The molecule has 0 aromatic carbocycles. The van der Waals surface area contributed by atoms with E-state index in [1.54, 1.807) is 11.7 Å². The second-order valence-electron chi connectivity index (χ2n) is 4.65. The number of nitrogens with one attached hydrogen (secondary N) is 1. The van der Waals surface area contributed by atoms with E-state index in [1.165, 1.54) is 12.3 Å². The molecule has 6 nitrogen and oxygen atoms in total. The SMILES string of the molecule is CCCn1cc(S(=O)(=O)Cl)cc1C(=O)NCCCCOC. The smallest absolute Gasteiger partial charge is 0.267 e. The molecule has 0 aliphatic heterocycles. The maximum Gasteiger partial charge on any atom is 0.267 e. The highest BCUT2D eigenvalue weighted by Gasteiger charge is 2.19. The van der Waals surface area contributed by atoms with Gasteiger partial charge < -0.3 is 14.6 Å². The fourth-order valence-corrected chi connectivity index (χ4v) is 2.66. The van der Waals surface area contributed by atoms with Crippen LogP contribution in [0.4, 0.5) is 0 Å². The molecule has 120 valence electrons. The molecule has 0 atom stereocenters. The van der Waals surface area contributed by atoms with Gasteiger partial charge in [-0.05, 0) is 25.3 Å². The molecule has 1 amide bonds. The summed E-state index contributed by atoms with van der Waals surface area (Å²) in [7, 11) is 3.12. The zero-order valence-corrected chi connectivity index (χ0v) is 13.8. The Morgan fingerprint density at radius 2 is 2.14 bits per heavy atom. The fourth-order valence-electron chi connectivity index (χ4n) is 1.90. The van der Waals surface area contributed by atoms with E-state index < -0.39 is 9.05 Å². The van der Waals surface area contributed by atoms with Gasteiger partial charge in [-0.25, -0.2) is 8.42 Å². The fraction of sp³-hybridized carbons (Fsp3) is 0.615. The summed E-state index contributed by atoms with van der Waals surface area (Å²) >= 11 is 0. The Morgan fingerprint density at radius 1 is 1.43 bits per heavy atom. The third-order valence-corrected chi connectivity index (χ3v) is 4.23. The van der Waals surface area contributed by atoms with Gasteiger partial charge in [0.25, 0.3) is 15.0 Å². The summed E-state index contributed by atoms with van der Waals surface area (Å²) in [6, 6.07) is 1.31. The Morgan fingerprint density at radius 3 is 2.71 bits per heavy atom. The number of amides is 1. The molecule has 1 aromatic rings. The van der Waals surface area contributed by atoms with E-state index in [0.717, 1.165) is 19.3 Å². The van der Waals surface area contributed by atoms with Crippen LogP contribution < -0.4 is 5.32 Å². The Bertz CT molecular complexity index is 569. The quantitative estimate of drug-likeness (QED) is 0.552. The summed E-state index contributed by atoms with van der Waals surface area (Å²) < 4.78 is 29.3. The topological polar surface area (TPSA) is 77.4 Å². The Kier molecular flexibility index (Phi) is 7.21. The van der Waals surface area contributed by atoms with E-state index in [0.29, 0.717) is 25.4 Å². The number of ether oxygens (including phenoxy) is 1. The summed E-state index contributed by atoms with van der Waals surface area (Å²) in [5, 5.41) is 2.77. The van der Waals surface area contributed by atoms with Crippen molar-refractivity contribution < 1.29 is 17.9 Å². The highest BCUT2D eigenvalue weighted by atomic mass is 35.7. The first-order valence-electron chi connectivity index (χ1n) is 6.82. The highest BCUT2D eigenvalue weighted by molar-refractivity contribution is 8.13. The average Bonchev–Trinajstić information content (AvgIpc) is 2.83. The summed E-state index contributed by atoms with van der Waals surface area (Å²) in [5.74, 6) is -0.299. The van der Waals surface area contributed by atoms with Crippen LogP contribution in [0, 0.1) is 0 Å². The number of methoxy groups -OCH3 is 1. The number of carbonyl (C=O) groups excluding carboxylic acids is 1. The van der Waals surface area contributed by atoms with Gasteiger partial charge in [0.2, 0.25) is 0 Å². The van der Waals surface area contributed by atoms with Crippen molar-refractivity contribution in [1.82, 2.24) is 9.88 Å². The number of halogens is 1. The van der Waals surface area contributed by atoms with Crippen molar-refractivity contribution in [2.75, 3.05) is 20.3 Å². The molecule has 1 aromatic heterocycles. The van der Waals surface area contributed by atoms with Gasteiger partial charge in [0.1, 0.15) is 10.6 Å². The second-order valence-corrected chi connectivity index (χ2v) is 7.21. The largest absolute Gasteiger partial charge is 0.385 e. The molecular formula is C13H21ClN2O4S. The van der Waals surface area contributed by atoms with E-state index in [-0.39, 0.29) is 10.8 Å². The van der Waals surface area contributed by atoms with Crippen LogP contribution in [0.5, 0.6) is 0 Å². The van der Waals surface area contributed by atoms with Crippen molar-refractivity contribution in [3.63, 3.8) is 0 Å². The van der Waals surface area contributed by atoms with Crippen molar-refractivity contribution in [2.24, 2.45) is 0 Å². The van der Waals surface area contributed by atoms with E-state index in [4.69, 9.17) is 15.4 Å². The van der Waals surface area contributed by atoms with Crippen LogP contribution in [-0.2, 0) is 20.3 Å². The van der Waals surface area contributed by atoms with E-state index in [1.807, 2.05) is 6.92 Å². The Hall–Kier alpha value is -1.05. The molecule has 0 spiro atoms. The van der Waals surface area contributed by atoms with E-state index in [9.17, 15) is 13.2 Å². The standard InChI is InChI=1S/C13H21ClN2O4S/c1-3-7-16-10-11(21(14,18)19)9-12(16)13(17)15-6-4-5-8-20-2/h9-10H,3-8H2,1-2H3,(H,15,17). The minimum Gasteiger partial charge on any atom is -0.385 e. The molecule has 1 heterocycles. The summed E-state index contributed by atoms with van der Waals surface area (Å²) in [4.78, 5) is 12.1. The molecule has 0 saturated heterocycles. The van der Waals surface area contributed by atoms with Crippen molar-refractivity contribution in [2.45, 2.75) is 37.6 Å². The average molecular weight is 337 g/mol. The number of hydrogen-bond donors (Lipinski definition) is 1. The van der Waals surface area contributed by atoms with Gasteiger partial charge in [-0.1, -0.05) is 6.92 Å². The molecular weight excluding hydrogens is 316 g/mol. The number of aromatic nitrogens is 1. The third kappa shape index (κ3) is 5.68. The first-order valence-corrected chi connectivity index (χ1v) is 9.13. The van der Waals surface area contributed by atoms with Crippen molar-refractivity contribution in [3.8, 4) is 0 Å². The van der Waals surface area contributed by atoms with Crippen LogP contribution in [-0.4, -0.2) is 39.2 Å². The van der Waals surface area contributed by atoms with Crippen LogP contribution in [0.1, 0.15) is 36.7 Å². The van der Waals surface area contributed by atoms with Gasteiger partial charge in [0.05, 0.1) is 0 Å². The van der Waals surface area contributed by atoms with Crippen molar-refractivity contribution >= 4 is 25.6 Å². The number of hydrogen-bond acceptors (Lipinski definition) is 4. The maximum atomic E-state index is 12.1. The van der Waals surface area contributed by atoms with Gasteiger partial charge in [-0.2, -0.15) is 0 Å². The van der Waals surface area contributed by atoms with Gasteiger partial charge in [0, 0.05) is 43.7 Å². The van der Waals surface area contributed by atoms with Crippen LogP contribution in [0.2, 0.25) is 0 Å². The monoisotopic (exact) mass is 336 g/mol. The predicted molar refractivity (Wildman–Crippen MR) is 81.2 cm³/mol. The number of rotatable bonds is 9. The van der Waals surface area contributed by atoms with Crippen LogP contribution in [0.3, 0.4) is 0 Å².